The molecule has 2 saturated heterocycles. The summed E-state index contributed by atoms with van der Waals surface area (Å²) in [4.78, 5) is 0. The Balaban J connectivity index is 1.72. The van der Waals surface area contributed by atoms with Crippen LogP contribution in [0, 0.1) is 10.8 Å². The van der Waals surface area contributed by atoms with Gasteiger partial charge in [0.05, 0.1) is 32.3 Å². The van der Waals surface area contributed by atoms with Crippen molar-refractivity contribution < 1.29 is 18.1 Å². The summed E-state index contributed by atoms with van der Waals surface area (Å²) in [6.45, 7) is 11.7. The molecule has 0 radical (unpaired) electrons. The molecule has 2 fully saturated rings. The molecular formula is C11H22O4P2. The first-order valence-corrected chi connectivity index (χ1v) is 8.66. The van der Waals surface area contributed by atoms with E-state index in [0.29, 0.717) is 0 Å². The van der Waals surface area contributed by atoms with Gasteiger partial charge in [0, 0.05) is 10.8 Å². The number of rotatable bonds is 2. The van der Waals surface area contributed by atoms with Gasteiger partial charge >= 0.3 is 0 Å². The highest BCUT2D eigenvalue weighted by molar-refractivity contribution is 7.65. The highest BCUT2D eigenvalue weighted by Gasteiger charge is 2.35. The van der Waals surface area contributed by atoms with E-state index in [1.807, 2.05) is 0 Å². The Labute approximate surface area is 106 Å². The molecule has 0 N–H and O–H groups in total. The summed E-state index contributed by atoms with van der Waals surface area (Å²) in [7, 11) is -1.61. The standard InChI is InChI=1S/C11H22O4P2/c1-10(2)5-12-16(13-6-10)9-17-14-7-11(3,4)8-15-17/h5-9H2,1-4H3. The third-order valence-corrected chi connectivity index (χ3v) is 6.14. The first-order valence-electron chi connectivity index (χ1n) is 5.93. The molecule has 0 spiro atoms. The highest BCUT2D eigenvalue weighted by Crippen LogP contribution is 2.58. The van der Waals surface area contributed by atoms with Gasteiger partial charge in [-0.05, 0) is 0 Å². The maximum Gasteiger partial charge on any atom is 0.179 e. The molecule has 0 saturated carbocycles. The van der Waals surface area contributed by atoms with Crippen LogP contribution in [0.2, 0.25) is 0 Å². The van der Waals surface area contributed by atoms with Crippen LogP contribution in [0.3, 0.4) is 0 Å². The molecule has 4 nitrogen and oxygen atoms in total. The van der Waals surface area contributed by atoms with Crippen LogP contribution in [0.1, 0.15) is 27.7 Å². The van der Waals surface area contributed by atoms with Gasteiger partial charge in [-0.3, -0.25) is 0 Å². The van der Waals surface area contributed by atoms with Crippen LogP contribution in [-0.2, 0) is 18.1 Å². The van der Waals surface area contributed by atoms with Crippen LogP contribution in [-0.4, -0.2) is 32.3 Å². The van der Waals surface area contributed by atoms with Crippen molar-refractivity contribution in [2.24, 2.45) is 10.8 Å². The van der Waals surface area contributed by atoms with Gasteiger partial charge in [0.1, 0.15) is 0 Å². The fraction of sp³-hybridized carbons (Fsp3) is 1.00. The first kappa shape index (κ1) is 14.1. The second kappa shape index (κ2) is 5.36. The van der Waals surface area contributed by atoms with E-state index in [-0.39, 0.29) is 10.8 Å². The van der Waals surface area contributed by atoms with Crippen molar-refractivity contribution in [3.05, 3.63) is 0 Å². The predicted molar refractivity (Wildman–Crippen MR) is 70.1 cm³/mol. The third kappa shape index (κ3) is 4.38. The molecule has 2 heterocycles. The Morgan fingerprint density at radius 3 is 1.29 bits per heavy atom. The molecule has 2 rings (SSSR count). The molecule has 0 aromatic heterocycles. The van der Waals surface area contributed by atoms with Crippen LogP contribution < -0.4 is 0 Å². The minimum absolute atomic E-state index is 0.141. The zero-order valence-electron chi connectivity index (χ0n) is 11.1. The molecule has 0 aromatic rings. The molecule has 0 unspecified atom stereocenters. The molecule has 6 heteroatoms. The SMILES string of the molecule is CC1(C)COP(CP2OCC(C)(C)CO2)OC1. The summed E-state index contributed by atoms with van der Waals surface area (Å²) in [6.07, 6.45) is 0. The average Bonchev–Trinajstić information content (AvgIpc) is 2.24. The van der Waals surface area contributed by atoms with E-state index in [4.69, 9.17) is 18.1 Å². The van der Waals surface area contributed by atoms with E-state index in [0.717, 1.165) is 32.3 Å². The lowest BCUT2D eigenvalue weighted by atomic mass is 9.97. The van der Waals surface area contributed by atoms with Crippen LogP contribution in [0.4, 0.5) is 0 Å². The molecule has 0 amide bonds. The molecule has 100 valence electrons. The summed E-state index contributed by atoms with van der Waals surface area (Å²) in [5, 5.41) is 0. The van der Waals surface area contributed by atoms with E-state index >= 15 is 0 Å². The Bertz CT molecular complexity index is 224. The van der Waals surface area contributed by atoms with Crippen LogP contribution in [0.5, 0.6) is 0 Å². The Hall–Kier alpha value is 0.700. The largest absolute Gasteiger partial charge is 0.333 e. The highest BCUT2D eigenvalue weighted by atomic mass is 31.2. The van der Waals surface area contributed by atoms with Gasteiger partial charge in [0.25, 0.3) is 0 Å². The Morgan fingerprint density at radius 1 is 0.706 bits per heavy atom. The van der Waals surface area contributed by atoms with Crippen molar-refractivity contribution in [1.29, 1.82) is 0 Å². The van der Waals surface area contributed by atoms with Crippen LogP contribution in [0.25, 0.3) is 0 Å². The van der Waals surface area contributed by atoms with Crippen molar-refractivity contribution in [3.8, 4) is 0 Å². The van der Waals surface area contributed by atoms with Gasteiger partial charge in [-0.25, -0.2) is 0 Å². The van der Waals surface area contributed by atoms with E-state index in [1.165, 1.54) is 0 Å². The smallest absolute Gasteiger partial charge is 0.179 e. The average molecular weight is 280 g/mol. The summed E-state index contributed by atoms with van der Waals surface area (Å²) in [6, 6.07) is 0. The lowest BCUT2D eigenvalue weighted by molar-refractivity contribution is 0.0549. The summed E-state index contributed by atoms with van der Waals surface area (Å²) >= 11 is 0. The topological polar surface area (TPSA) is 36.9 Å². The quantitative estimate of drug-likeness (QED) is 0.722. The molecule has 17 heavy (non-hydrogen) atoms. The maximum atomic E-state index is 5.75. The third-order valence-electron chi connectivity index (χ3n) is 2.63. The molecule has 0 atom stereocenters. The monoisotopic (exact) mass is 280 g/mol. The first-order chi connectivity index (χ1) is 7.86. The number of hydrogen-bond acceptors (Lipinski definition) is 4. The van der Waals surface area contributed by atoms with Crippen LogP contribution in [0.15, 0.2) is 0 Å². The van der Waals surface area contributed by atoms with E-state index in [1.54, 1.807) is 0 Å². The maximum absolute atomic E-state index is 5.75. The lowest BCUT2D eigenvalue weighted by Gasteiger charge is -2.37. The zero-order valence-corrected chi connectivity index (χ0v) is 12.9. The normalized spacial score (nSPS) is 30.4. The second-order valence-corrected chi connectivity index (χ2v) is 9.72. The van der Waals surface area contributed by atoms with Crippen LogP contribution >= 0.6 is 16.8 Å². The molecule has 0 aromatic carbocycles. The fourth-order valence-electron chi connectivity index (χ4n) is 1.40. The predicted octanol–water partition coefficient (Wildman–Crippen LogP) is 3.71. The van der Waals surface area contributed by atoms with Gasteiger partial charge in [-0.1, -0.05) is 27.7 Å². The van der Waals surface area contributed by atoms with E-state index in [9.17, 15) is 0 Å². The molecule has 0 bridgehead atoms. The van der Waals surface area contributed by atoms with Gasteiger partial charge in [-0.2, -0.15) is 0 Å². The Kier molecular flexibility index (Phi) is 4.45. The molecule has 2 aliphatic heterocycles. The molecule has 0 aliphatic carbocycles. The number of hydrogen-bond donors (Lipinski definition) is 0. The minimum Gasteiger partial charge on any atom is -0.333 e. The minimum atomic E-state index is -0.805. The summed E-state index contributed by atoms with van der Waals surface area (Å²) in [5.41, 5.74) is 0.282. The second-order valence-electron chi connectivity index (χ2n) is 6.23. The van der Waals surface area contributed by atoms with Crippen molar-refractivity contribution in [3.63, 3.8) is 0 Å². The molecular weight excluding hydrogens is 258 g/mol. The van der Waals surface area contributed by atoms with Gasteiger partial charge in [0.15, 0.2) is 16.8 Å². The van der Waals surface area contributed by atoms with Gasteiger partial charge < -0.3 is 18.1 Å². The van der Waals surface area contributed by atoms with E-state index in [2.05, 4.69) is 27.7 Å². The fourth-order valence-corrected chi connectivity index (χ4v) is 5.59. The lowest BCUT2D eigenvalue weighted by Crippen LogP contribution is -2.30. The van der Waals surface area contributed by atoms with Crippen molar-refractivity contribution in [1.82, 2.24) is 0 Å². The van der Waals surface area contributed by atoms with E-state index < -0.39 is 16.8 Å². The zero-order chi connectivity index (χ0) is 12.5. The summed E-state index contributed by atoms with van der Waals surface area (Å²) < 4.78 is 23.0. The Morgan fingerprint density at radius 2 is 1.00 bits per heavy atom. The van der Waals surface area contributed by atoms with Crippen molar-refractivity contribution in [2.75, 3.05) is 32.3 Å². The van der Waals surface area contributed by atoms with Gasteiger partial charge in [0.2, 0.25) is 0 Å². The van der Waals surface area contributed by atoms with Crippen molar-refractivity contribution >= 4 is 16.8 Å². The van der Waals surface area contributed by atoms with Crippen molar-refractivity contribution in [2.45, 2.75) is 27.7 Å². The van der Waals surface area contributed by atoms with Gasteiger partial charge in [-0.15, -0.1) is 0 Å². The molecule has 2 aliphatic rings. The summed E-state index contributed by atoms with van der Waals surface area (Å²) in [5.74, 6) is 0.789.